The van der Waals surface area contributed by atoms with Crippen LogP contribution in [0.25, 0.3) is 0 Å². The number of nitrogens with zero attached hydrogens (tertiary/aromatic N) is 1. The van der Waals surface area contributed by atoms with Crippen molar-refractivity contribution in [1.82, 2.24) is 0 Å². The van der Waals surface area contributed by atoms with Gasteiger partial charge in [0.25, 0.3) is 0 Å². The van der Waals surface area contributed by atoms with Gasteiger partial charge in [-0.15, -0.1) is 0 Å². The number of hydrogen-bond acceptors (Lipinski definition) is 3. The fraction of sp³-hybridized carbons (Fsp3) is 0.917. The van der Waals surface area contributed by atoms with E-state index in [1.165, 1.54) is 6.26 Å². The summed E-state index contributed by atoms with van der Waals surface area (Å²) in [6, 6.07) is 2.22. The average Bonchev–Trinajstić information content (AvgIpc) is 2.65. The molecule has 4 atom stereocenters. The van der Waals surface area contributed by atoms with Gasteiger partial charge in [-0.2, -0.15) is 5.26 Å². The quantitative estimate of drug-likeness (QED) is 0.705. The highest BCUT2D eigenvalue weighted by Crippen LogP contribution is 2.68. The van der Waals surface area contributed by atoms with Gasteiger partial charge in [0.1, 0.15) is 0 Å². The topological polar surface area (TPSA) is 57.9 Å². The molecule has 0 N–H and O–H groups in total. The lowest BCUT2D eigenvalue weighted by atomic mass is 9.80. The van der Waals surface area contributed by atoms with Gasteiger partial charge in [-0.05, 0) is 37.0 Å². The van der Waals surface area contributed by atoms with E-state index in [1.54, 1.807) is 6.92 Å². The second-order valence-corrected chi connectivity index (χ2v) is 8.72. The number of hydrogen-bond donors (Lipinski definition) is 0. The van der Waals surface area contributed by atoms with Crippen LogP contribution in [0.2, 0.25) is 0 Å². The standard InChI is InChI=1S/C12H19NO2S/c1-11(2)9-5-8(7-13)12(3,6-10(9)11)16(4,14)15/h8-10H,5-6H2,1-4H3. The van der Waals surface area contributed by atoms with Gasteiger partial charge in [0, 0.05) is 6.26 Å². The summed E-state index contributed by atoms with van der Waals surface area (Å²) in [5.74, 6) is 0.689. The Morgan fingerprint density at radius 2 is 1.81 bits per heavy atom. The highest BCUT2D eigenvalue weighted by Gasteiger charge is 2.66. The molecule has 90 valence electrons. The largest absolute Gasteiger partial charge is 0.229 e. The zero-order valence-electron chi connectivity index (χ0n) is 10.3. The average molecular weight is 241 g/mol. The lowest BCUT2D eigenvalue weighted by Crippen LogP contribution is -2.44. The zero-order chi connectivity index (χ0) is 12.4. The van der Waals surface area contributed by atoms with E-state index in [4.69, 9.17) is 0 Å². The van der Waals surface area contributed by atoms with Gasteiger partial charge < -0.3 is 0 Å². The molecule has 2 saturated carbocycles. The zero-order valence-corrected chi connectivity index (χ0v) is 11.1. The van der Waals surface area contributed by atoms with Crippen molar-refractivity contribution in [2.45, 2.75) is 38.4 Å². The molecule has 0 aromatic heterocycles. The minimum absolute atomic E-state index is 0.234. The Morgan fingerprint density at radius 1 is 1.25 bits per heavy atom. The van der Waals surface area contributed by atoms with Crippen molar-refractivity contribution >= 4 is 9.84 Å². The first-order valence-corrected chi connectivity index (χ1v) is 7.63. The maximum atomic E-state index is 11.9. The lowest BCUT2D eigenvalue weighted by Gasteiger charge is -2.35. The summed E-state index contributed by atoms with van der Waals surface area (Å²) in [4.78, 5) is 0. The van der Waals surface area contributed by atoms with Crippen LogP contribution in [-0.2, 0) is 9.84 Å². The first kappa shape index (κ1) is 11.9. The molecule has 0 spiro atoms. The van der Waals surface area contributed by atoms with E-state index in [0.29, 0.717) is 18.3 Å². The first-order valence-electron chi connectivity index (χ1n) is 5.74. The highest BCUT2D eigenvalue weighted by atomic mass is 32.2. The maximum Gasteiger partial charge on any atom is 0.154 e. The summed E-state index contributed by atoms with van der Waals surface area (Å²) >= 11 is 0. The minimum Gasteiger partial charge on any atom is -0.229 e. The van der Waals surface area contributed by atoms with Gasteiger partial charge in [-0.3, -0.25) is 0 Å². The molecule has 0 heterocycles. The molecule has 0 saturated heterocycles. The smallest absolute Gasteiger partial charge is 0.154 e. The van der Waals surface area contributed by atoms with Crippen LogP contribution < -0.4 is 0 Å². The van der Waals surface area contributed by atoms with Crippen molar-refractivity contribution in [3.8, 4) is 6.07 Å². The summed E-state index contributed by atoms with van der Waals surface area (Å²) in [5, 5.41) is 9.18. The van der Waals surface area contributed by atoms with Crippen molar-refractivity contribution in [2.24, 2.45) is 23.2 Å². The number of nitriles is 1. The second kappa shape index (κ2) is 3.01. The molecule has 0 bridgehead atoms. The molecule has 4 unspecified atom stereocenters. The van der Waals surface area contributed by atoms with E-state index in [9.17, 15) is 13.7 Å². The SMILES string of the molecule is CC1(C)C2CC(C#N)C(C)(S(C)(=O)=O)CC21. The summed E-state index contributed by atoms with van der Waals surface area (Å²) < 4.78 is 23.0. The second-order valence-electron chi connectivity index (χ2n) is 6.24. The van der Waals surface area contributed by atoms with E-state index >= 15 is 0 Å². The third-order valence-corrected chi connectivity index (χ3v) is 7.29. The van der Waals surface area contributed by atoms with Crippen LogP contribution in [0.15, 0.2) is 0 Å². The molecule has 0 radical (unpaired) electrons. The highest BCUT2D eigenvalue weighted by molar-refractivity contribution is 7.92. The molecule has 4 heteroatoms. The van der Waals surface area contributed by atoms with Crippen molar-refractivity contribution in [3.63, 3.8) is 0 Å². The van der Waals surface area contributed by atoms with Gasteiger partial charge in [0.05, 0.1) is 16.7 Å². The Hall–Kier alpha value is -0.560. The van der Waals surface area contributed by atoms with Crippen LogP contribution in [-0.4, -0.2) is 19.4 Å². The fourth-order valence-corrected chi connectivity index (χ4v) is 4.56. The molecule has 0 aliphatic heterocycles. The van der Waals surface area contributed by atoms with Gasteiger partial charge in [0.2, 0.25) is 0 Å². The fourth-order valence-electron chi connectivity index (χ4n) is 3.41. The normalized spacial score (nSPS) is 45.6. The number of rotatable bonds is 1. The van der Waals surface area contributed by atoms with E-state index in [2.05, 4.69) is 19.9 Å². The van der Waals surface area contributed by atoms with Crippen LogP contribution >= 0.6 is 0 Å². The predicted octanol–water partition coefficient (Wildman–Crippen LogP) is 2.00. The number of fused-ring (bicyclic) bond motifs is 1. The van der Waals surface area contributed by atoms with Crippen molar-refractivity contribution in [1.29, 1.82) is 5.26 Å². The molecule has 2 fully saturated rings. The van der Waals surface area contributed by atoms with Crippen molar-refractivity contribution in [2.75, 3.05) is 6.26 Å². The van der Waals surface area contributed by atoms with Crippen LogP contribution in [0.4, 0.5) is 0 Å². The molecule has 2 aliphatic rings. The van der Waals surface area contributed by atoms with Crippen LogP contribution in [0.5, 0.6) is 0 Å². The Kier molecular flexibility index (Phi) is 2.24. The summed E-state index contributed by atoms with van der Waals surface area (Å²) in [6.45, 7) is 6.12. The monoisotopic (exact) mass is 241 g/mol. The van der Waals surface area contributed by atoms with E-state index in [1.807, 2.05) is 0 Å². The molecule has 16 heavy (non-hydrogen) atoms. The van der Waals surface area contributed by atoms with Crippen LogP contribution in [0.1, 0.15) is 33.6 Å². The molecular formula is C12H19NO2S. The summed E-state index contributed by atoms with van der Waals surface area (Å²) in [7, 11) is -3.17. The van der Waals surface area contributed by atoms with Gasteiger partial charge in [-0.1, -0.05) is 13.8 Å². The third-order valence-electron chi connectivity index (χ3n) is 5.14. The molecule has 3 nitrogen and oxygen atoms in total. The lowest BCUT2D eigenvalue weighted by molar-refractivity contribution is 0.318. The van der Waals surface area contributed by atoms with Crippen LogP contribution in [0.3, 0.4) is 0 Å². The predicted molar refractivity (Wildman–Crippen MR) is 62.3 cm³/mol. The summed E-state index contributed by atoms with van der Waals surface area (Å²) in [6.07, 6.45) is 2.67. The van der Waals surface area contributed by atoms with E-state index in [-0.39, 0.29) is 11.3 Å². The summed E-state index contributed by atoms with van der Waals surface area (Å²) in [5.41, 5.74) is 0.234. The van der Waals surface area contributed by atoms with Crippen molar-refractivity contribution in [3.05, 3.63) is 0 Å². The maximum absolute atomic E-state index is 11.9. The molecule has 2 rings (SSSR count). The van der Waals surface area contributed by atoms with Gasteiger partial charge in [-0.25, -0.2) is 8.42 Å². The molecule has 2 aliphatic carbocycles. The number of sulfone groups is 1. The Balaban J connectivity index is 2.38. The van der Waals surface area contributed by atoms with Gasteiger partial charge >= 0.3 is 0 Å². The molecule has 0 amide bonds. The Morgan fingerprint density at radius 3 is 2.25 bits per heavy atom. The Labute approximate surface area is 97.8 Å². The van der Waals surface area contributed by atoms with Gasteiger partial charge in [0.15, 0.2) is 9.84 Å². The molecule has 0 aromatic rings. The Bertz CT molecular complexity index is 460. The first-order chi connectivity index (χ1) is 7.14. The van der Waals surface area contributed by atoms with Crippen molar-refractivity contribution < 1.29 is 8.42 Å². The molecule has 0 aromatic carbocycles. The van der Waals surface area contributed by atoms with E-state index < -0.39 is 14.6 Å². The molecular weight excluding hydrogens is 222 g/mol. The van der Waals surface area contributed by atoms with Crippen LogP contribution in [0, 0.1) is 34.5 Å². The minimum atomic E-state index is -3.17. The third kappa shape index (κ3) is 1.34. The van der Waals surface area contributed by atoms with E-state index in [0.717, 1.165) is 6.42 Å².